The number of hydrogen-bond acceptors (Lipinski definition) is 4. The van der Waals surface area contributed by atoms with Gasteiger partial charge in [0.15, 0.2) is 0 Å². The topological polar surface area (TPSA) is 57.0 Å². The molecule has 0 aliphatic carbocycles. The molecule has 4 aromatic rings. The highest BCUT2D eigenvalue weighted by Crippen LogP contribution is 2.27. The van der Waals surface area contributed by atoms with Gasteiger partial charge in [-0.05, 0) is 48.9 Å². The quantitative estimate of drug-likeness (QED) is 0.327. The first-order valence-electron chi connectivity index (χ1n) is 10.9. The summed E-state index contributed by atoms with van der Waals surface area (Å²) in [5, 5.41) is 0.636. The van der Waals surface area contributed by atoms with E-state index in [4.69, 9.17) is 26.3 Å². The van der Waals surface area contributed by atoms with E-state index in [1.807, 2.05) is 24.3 Å². The van der Waals surface area contributed by atoms with Gasteiger partial charge < -0.3 is 4.74 Å². The van der Waals surface area contributed by atoms with Crippen molar-refractivity contribution in [2.24, 2.45) is 0 Å². The van der Waals surface area contributed by atoms with Crippen LogP contribution in [0.1, 0.15) is 42.9 Å². The van der Waals surface area contributed by atoms with Gasteiger partial charge in [0.25, 0.3) is 5.56 Å². The fraction of sp³-hybridized carbons (Fsp3) is 0.269. The zero-order valence-electron chi connectivity index (χ0n) is 18.6. The molecule has 0 aliphatic rings. The Morgan fingerprint density at radius 3 is 2.67 bits per heavy atom. The second kappa shape index (κ2) is 10.2. The van der Waals surface area contributed by atoms with E-state index in [0.29, 0.717) is 35.1 Å². The van der Waals surface area contributed by atoms with Crippen molar-refractivity contribution in [2.45, 2.75) is 38.7 Å². The second-order valence-electron chi connectivity index (χ2n) is 7.96. The molecule has 0 saturated carbocycles. The molecule has 170 valence electrons. The second-order valence-corrected chi connectivity index (χ2v) is 8.37. The minimum atomic E-state index is -0.483. The Bertz CT molecular complexity index is 1340. The van der Waals surface area contributed by atoms with Crippen LogP contribution in [0.25, 0.3) is 16.6 Å². The Labute approximate surface area is 196 Å². The molecule has 4 rings (SSSR count). The van der Waals surface area contributed by atoms with Crippen LogP contribution in [0.2, 0.25) is 5.02 Å². The van der Waals surface area contributed by atoms with Crippen molar-refractivity contribution in [3.63, 3.8) is 0 Å². The van der Waals surface area contributed by atoms with Crippen LogP contribution in [0.5, 0.6) is 0 Å². The number of para-hydroxylation sites is 1. The van der Waals surface area contributed by atoms with Crippen molar-refractivity contribution >= 4 is 22.5 Å². The van der Waals surface area contributed by atoms with Crippen LogP contribution in [0.15, 0.2) is 65.5 Å². The van der Waals surface area contributed by atoms with Crippen molar-refractivity contribution in [3.05, 3.63) is 99.1 Å². The van der Waals surface area contributed by atoms with Crippen molar-refractivity contribution in [2.75, 3.05) is 7.11 Å². The zero-order valence-corrected chi connectivity index (χ0v) is 19.3. The lowest BCUT2D eigenvalue weighted by molar-refractivity contribution is 0.181. The normalized spacial score (nSPS) is 12.2. The van der Waals surface area contributed by atoms with E-state index in [1.165, 1.54) is 16.7 Å². The number of pyridine rings is 1. The molecule has 2 aromatic carbocycles. The fourth-order valence-corrected chi connectivity index (χ4v) is 4.32. The van der Waals surface area contributed by atoms with Crippen LogP contribution in [-0.2, 0) is 17.8 Å². The highest BCUT2D eigenvalue weighted by molar-refractivity contribution is 6.32. The standard InChI is InChI=1S/C26H25ClFN3O2/c1-3-7-17(22-10-6-8-19(29-22)16-33-2)14-25-30-23-13-12-18(28)15-20(23)26(32)31(25)24-11-5-4-9-21(24)27/h4-6,8-13,15,17H,3,7,14,16H2,1-2H3. The fourth-order valence-electron chi connectivity index (χ4n) is 4.10. The van der Waals surface area contributed by atoms with Gasteiger partial charge in [-0.15, -0.1) is 0 Å². The number of halogens is 2. The van der Waals surface area contributed by atoms with Crippen LogP contribution in [0.4, 0.5) is 4.39 Å². The highest BCUT2D eigenvalue weighted by Gasteiger charge is 2.21. The molecule has 1 unspecified atom stereocenters. The van der Waals surface area contributed by atoms with Gasteiger partial charge in [-0.2, -0.15) is 0 Å². The molecule has 5 nitrogen and oxygen atoms in total. The van der Waals surface area contributed by atoms with E-state index in [2.05, 4.69) is 6.92 Å². The van der Waals surface area contributed by atoms with Crippen molar-refractivity contribution < 1.29 is 9.13 Å². The van der Waals surface area contributed by atoms with E-state index in [1.54, 1.807) is 31.4 Å². The van der Waals surface area contributed by atoms with Crippen molar-refractivity contribution in [1.82, 2.24) is 14.5 Å². The van der Waals surface area contributed by atoms with Gasteiger partial charge >= 0.3 is 0 Å². The lowest BCUT2D eigenvalue weighted by Gasteiger charge is -2.20. The number of benzene rings is 2. The first kappa shape index (κ1) is 23.1. The van der Waals surface area contributed by atoms with E-state index in [0.717, 1.165) is 24.2 Å². The Morgan fingerprint density at radius 1 is 1.09 bits per heavy atom. The Morgan fingerprint density at radius 2 is 1.91 bits per heavy atom. The lowest BCUT2D eigenvalue weighted by atomic mass is 9.94. The molecular formula is C26H25ClFN3O2. The van der Waals surface area contributed by atoms with Crippen LogP contribution in [0.3, 0.4) is 0 Å². The summed E-state index contributed by atoms with van der Waals surface area (Å²) in [5.41, 5.74) is 2.40. The summed E-state index contributed by atoms with van der Waals surface area (Å²) < 4.78 is 20.7. The molecule has 0 amide bonds. The molecule has 2 heterocycles. The molecule has 0 bridgehead atoms. The third-order valence-corrected chi connectivity index (χ3v) is 5.92. The van der Waals surface area contributed by atoms with Gasteiger partial charge in [-0.1, -0.05) is 43.1 Å². The van der Waals surface area contributed by atoms with E-state index in [9.17, 15) is 9.18 Å². The van der Waals surface area contributed by atoms with Crippen molar-refractivity contribution in [1.29, 1.82) is 0 Å². The van der Waals surface area contributed by atoms with E-state index < -0.39 is 5.82 Å². The van der Waals surface area contributed by atoms with Gasteiger partial charge in [-0.25, -0.2) is 9.37 Å². The predicted molar refractivity (Wildman–Crippen MR) is 129 cm³/mol. The van der Waals surface area contributed by atoms with Gasteiger partial charge in [0.2, 0.25) is 0 Å². The third kappa shape index (κ3) is 4.97. The summed E-state index contributed by atoms with van der Waals surface area (Å²) in [6, 6.07) is 17.1. The van der Waals surface area contributed by atoms with Crippen LogP contribution in [-0.4, -0.2) is 21.6 Å². The van der Waals surface area contributed by atoms with Gasteiger partial charge in [0, 0.05) is 25.1 Å². The Kier molecular flexibility index (Phi) is 7.16. The van der Waals surface area contributed by atoms with Gasteiger partial charge in [0.1, 0.15) is 11.6 Å². The molecule has 0 radical (unpaired) electrons. The third-order valence-electron chi connectivity index (χ3n) is 5.60. The number of hydrogen-bond donors (Lipinski definition) is 0. The Balaban J connectivity index is 1.89. The monoisotopic (exact) mass is 465 g/mol. The smallest absolute Gasteiger partial charge is 0.266 e. The number of nitrogens with zero attached hydrogens (tertiary/aromatic N) is 3. The predicted octanol–water partition coefficient (Wildman–Crippen LogP) is 5.85. The average molecular weight is 466 g/mol. The van der Waals surface area contributed by atoms with Crippen LogP contribution in [0, 0.1) is 5.82 Å². The first-order chi connectivity index (χ1) is 16.0. The lowest BCUT2D eigenvalue weighted by Crippen LogP contribution is -2.26. The molecule has 0 fully saturated rings. The van der Waals surface area contributed by atoms with Gasteiger partial charge in [-0.3, -0.25) is 14.3 Å². The maximum Gasteiger partial charge on any atom is 0.266 e. The summed E-state index contributed by atoms with van der Waals surface area (Å²) in [6.07, 6.45) is 2.28. The average Bonchev–Trinajstić information content (AvgIpc) is 2.81. The number of rotatable bonds is 8. The zero-order chi connectivity index (χ0) is 23.4. The summed E-state index contributed by atoms with van der Waals surface area (Å²) in [5.74, 6) is 0.109. The van der Waals surface area contributed by atoms with E-state index in [-0.39, 0.29) is 16.9 Å². The number of fused-ring (bicyclic) bond motifs is 1. The van der Waals surface area contributed by atoms with Crippen molar-refractivity contribution in [3.8, 4) is 5.69 Å². The summed E-state index contributed by atoms with van der Waals surface area (Å²) in [6.45, 7) is 2.54. The molecule has 0 N–H and O–H groups in total. The first-order valence-corrected chi connectivity index (χ1v) is 11.3. The largest absolute Gasteiger partial charge is 0.378 e. The highest BCUT2D eigenvalue weighted by atomic mass is 35.5. The van der Waals surface area contributed by atoms with E-state index >= 15 is 0 Å². The summed E-state index contributed by atoms with van der Waals surface area (Å²) in [7, 11) is 1.64. The summed E-state index contributed by atoms with van der Waals surface area (Å²) in [4.78, 5) is 23.1. The Hall–Kier alpha value is -3.09. The molecule has 0 spiro atoms. The molecular weight excluding hydrogens is 441 g/mol. The number of methoxy groups -OCH3 is 1. The summed E-state index contributed by atoms with van der Waals surface area (Å²) >= 11 is 6.47. The van der Waals surface area contributed by atoms with Gasteiger partial charge in [0.05, 0.1) is 33.9 Å². The molecule has 2 aromatic heterocycles. The minimum Gasteiger partial charge on any atom is -0.378 e. The minimum absolute atomic E-state index is 0.0327. The SMILES string of the molecule is CCCC(Cc1nc2ccc(F)cc2c(=O)n1-c1ccccc1Cl)c1cccc(COC)n1. The van der Waals surface area contributed by atoms with Crippen LogP contribution >= 0.6 is 11.6 Å². The maximum atomic E-state index is 13.9. The number of aromatic nitrogens is 3. The molecule has 33 heavy (non-hydrogen) atoms. The molecule has 7 heteroatoms. The molecule has 1 atom stereocenters. The maximum absolute atomic E-state index is 13.9. The molecule has 0 saturated heterocycles. The number of ether oxygens (including phenoxy) is 1. The molecule has 0 aliphatic heterocycles. The van der Waals surface area contributed by atoms with Crippen LogP contribution < -0.4 is 5.56 Å².